The normalized spacial score (nSPS) is 11.9. The molecule has 0 aliphatic carbocycles. The van der Waals surface area contributed by atoms with Crippen molar-refractivity contribution in [3.8, 4) is 0 Å². The number of hydrogen-bond donors (Lipinski definition) is 1. The molecular formula is C14H19NOS. The lowest BCUT2D eigenvalue weighted by Crippen LogP contribution is -2.30. The molecule has 0 aliphatic heterocycles. The molecule has 0 fully saturated rings. The Morgan fingerprint density at radius 2 is 2.24 bits per heavy atom. The molecule has 0 heterocycles. The molecular weight excluding hydrogens is 230 g/mol. The van der Waals surface area contributed by atoms with Crippen LogP contribution in [0.4, 0.5) is 0 Å². The van der Waals surface area contributed by atoms with Crippen molar-refractivity contribution in [3.63, 3.8) is 0 Å². The largest absolute Gasteiger partial charge is 0.352 e. The van der Waals surface area contributed by atoms with Gasteiger partial charge in [0.2, 0.25) is 5.91 Å². The molecule has 0 aromatic heterocycles. The van der Waals surface area contributed by atoms with Crippen LogP contribution in [0.3, 0.4) is 0 Å². The molecule has 1 aromatic rings. The van der Waals surface area contributed by atoms with Crippen LogP contribution in [0, 0.1) is 13.8 Å². The van der Waals surface area contributed by atoms with Crippen molar-refractivity contribution in [3.05, 3.63) is 42.0 Å². The Bertz CT molecular complexity index is 415. The minimum absolute atomic E-state index is 0.0508. The van der Waals surface area contributed by atoms with E-state index in [1.165, 1.54) is 11.1 Å². The summed E-state index contributed by atoms with van der Waals surface area (Å²) in [6.45, 7) is 10.2. The van der Waals surface area contributed by atoms with Crippen LogP contribution >= 0.6 is 11.8 Å². The molecule has 1 unspecified atom stereocenters. The van der Waals surface area contributed by atoms with Crippen molar-refractivity contribution < 1.29 is 4.79 Å². The Balaban J connectivity index is 2.64. The smallest absolute Gasteiger partial charge is 0.233 e. The topological polar surface area (TPSA) is 29.1 Å². The Morgan fingerprint density at radius 3 is 2.82 bits per heavy atom. The van der Waals surface area contributed by atoms with E-state index in [2.05, 4.69) is 43.9 Å². The second-order valence-corrected chi connectivity index (χ2v) is 5.45. The summed E-state index contributed by atoms with van der Waals surface area (Å²) in [5, 5.41) is 2.72. The molecule has 1 amide bonds. The van der Waals surface area contributed by atoms with Gasteiger partial charge < -0.3 is 5.32 Å². The number of amides is 1. The monoisotopic (exact) mass is 249 g/mol. The number of benzene rings is 1. The van der Waals surface area contributed by atoms with E-state index in [9.17, 15) is 4.79 Å². The highest BCUT2D eigenvalue weighted by Crippen LogP contribution is 2.27. The predicted molar refractivity (Wildman–Crippen MR) is 74.4 cm³/mol. The Morgan fingerprint density at radius 1 is 1.53 bits per heavy atom. The summed E-state index contributed by atoms with van der Waals surface area (Å²) >= 11 is 1.59. The van der Waals surface area contributed by atoms with E-state index in [0.29, 0.717) is 6.54 Å². The SMILES string of the molecule is C=CCNC(=O)C(C)Sc1ccc(C)cc1C. The predicted octanol–water partition coefficient (Wildman–Crippen LogP) is 3.09. The molecule has 0 radical (unpaired) electrons. The molecule has 1 rings (SSSR count). The quantitative estimate of drug-likeness (QED) is 0.642. The van der Waals surface area contributed by atoms with Crippen LogP contribution in [0.25, 0.3) is 0 Å². The number of aryl methyl sites for hydroxylation is 2. The fourth-order valence-electron chi connectivity index (χ4n) is 1.49. The second-order valence-electron chi connectivity index (χ2n) is 4.06. The molecule has 0 bridgehead atoms. The summed E-state index contributed by atoms with van der Waals surface area (Å²) in [7, 11) is 0. The first-order valence-electron chi connectivity index (χ1n) is 5.67. The molecule has 3 heteroatoms. The zero-order valence-electron chi connectivity index (χ0n) is 10.6. The van der Waals surface area contributed by atoms with Gasteiger partial charge in [0.1, 0.15) is 0 Å². The fraction of sp³-hybridized carbons (Fsp3) is 0.357. The summed E-state index contributed by atoms with van der Waals surface area (Å²) < 4.78 is 0. The van der Waals surface area contributed by atoms with E-state index in [1.807, 2.05) is 6.92 Å². The average Bonchev–Trinajstić information content (AvgIpc) is 2.29. The maximum Gasteiger partial charge on any atom is 0.233 e. The summed E-state index contributed by atoms with van der Waals surface area (Å²) in [5.74, 6) is 0.0508. The van der Waals surface area contributed by atoms with E-state index >= 15 is 0 Å². The molecule has 0 aliphatic rings. The molecule has 0 saturated heterocycles. The summed E-state index contributed by atoms with van der Waals surface area (Å²) in [6, 6.07) is 6.28. The zero-order valence-corrected chi connectivity index (χ0v) is 11.4. The molecule has 1 aromatic carbocycles. The number of thioether (sulfide) groups is 1. The second kappa shape index (κ2) is 6.50. The van der Waals surface area contributed by atoms with Gasteiger partial charge in [0.05, 0.1) is 5.25 Å². The highest BCUT2D eigenvalue weighted by atomic mass is 32.2. The lowest BCUT2D eigenvalue weighted by Gasteiger charge is -2.13. The first-order chi connectivity index (χ1) is 8.04. The third-order valence-corrected chi connectivity index (χ3v) is 3.70. The van der Waals surface area contributed by atoms with Gasteiger partial charge in [0.15, 0.2) is 0 Å². The van der Waals surface area contributed by atoms with Crippen LogP contribution in [0.15, 0.2) is 35.7 Å². The van der Waals surface area contributed by atoms with E-state index in [1.54, 1.807) is 17.8 Å². The third-order valence-electron chi connectivity index (χ3n) is 2.42. The van der Waals surface area contributed by atoms with Gasteiger partial charge in [0, 0.05) is 11.4 Å². The lowest BCUT2D eigenvalue weighted by molar-refractivity contribution is -0.120. The van der Waals surface area contributed by atoms with Crippen molar-refractivity contribution in [2.75, 3.05) is 6.54 Å². The van der Waals surface area contributed by atoms with Gasteiger partial charge in [-0.15, -0.1) is 18.3 Å². The van der Waals surface area contributed by atoms with Crippen molar-refractivity contribution >= 4 is 17.7 Å². The van der Waals surface area contributed by atoms with Gasteiger partial charge in [-0.3, -0.25) is 4.79 Å². The third kappa shape index (κ3) is 4.27. The minimum atomic E-state index is -0.0867. The van der Waals surface area contributed by atoms with Crippen LogP contribution in [-0.4, -0.2) is 17.7 Å². The zero-order chi connectivity index (χ0) is 12.8. The van der Waals surface area contributed by atoms with Gasteiger partial charge in [-0.05, 0) is 32.4 Å². The summed E-state index contributed by atoms with van der Waals surface area (Å²) in [5.41, 5.74) is 2.47. The fourth-order valence-corrected chi connectivity index (χ4v) is 2.45. The van der Waals surface area contributed by atoms with Crippen LogP contribution in [0.1, 0.15) is 18.1 Å². The molecule has 1 N–H and O–H groups in total. The average molecular weight is 249 g/mol. The number of carbonyl (C=O) groups excluding carboxylic acids is 1. The van der Waals surface area contributed by atoms with E-state index in [0.717, 1.165) is 4.90 Å². The molecule has 1 atom stereocenters. The maximum absolute atomic E-state index is 11.7. The maximum atomic E-state index is 11.7. The van der Waals surface area contributed by atoms with E-state index < -0.39 is 0 Å². The van der Waals surface area contributed by atoms with Gasteiger partial charge in [-0.2, -0.15) is 0 Å². The highest BCUT2D eigenvalue weighted by molar-refractivity contribution is 8.00. The van der Waals surface area contributed by atoms with E-state index in [4.69, 9.17) is 0 Å². The van der Waals surface area contributed by atoms with Gasteiger partial charge in [0.25, 0.3) is 0 Å². The Labute approximate surface area is 107 Å². The Kier molecular flexibility index (Phi) is 5.29. The van der Waals surface area contributed by atoms with Gasteiger partial charge in [-0.1, -0.05) is 23.8 Å². The lowest BCUT2D eigenvalue weighted by atomic mass is 10.2. The standard InChI is InChI=1S/C14H19NOS/c1-5-8-15-14(16)12(4)17-13-7-6-10(2)9-11(13)3/h5-7,9,12H,1,8H2,2-4H3,(H,15,16). The van der Waals surface area contributed by atoms with Crippen LogP contribution in [0.5, 0.6) is 0 Å². The Hall–Kier alpha value is -1.22. The molecule has 92 valence electrons. The molecule has 2 nitrogen and oxygen atoms in total. The van der Waals surface area contributed by atoms with Crippen molar-refractivity contribution in [2.24, 2.45) is 0 Å². The van der Waals surface area contributed by atoms with Gasteiger partial charge >= 0.3 is 0 Å². The molecule has 17 heavy (non-hydrogen) atoms. The van der Waals surface area contributed by atoms with E-state index in [-0.39, 0.29) is 11.2 Å². The van der Waals surface area contributed by atoms with Crippen molar-refractivity contribution in [1.29, 1.82) is 0 Å². The van der Waals surface area contributed by atoms with Crippen molar-refractivity contribution in [2.45, 2.75) is 30.9 Å². The number of carbonyl (C=O) groups is 1. The van der Waals surface area contributed by atoms with Crippen LogP contribution in [0.2, 0.25) is 0 Å². The van der Waals surface area contributed by atoms with Crippen LogP contribution < -0.4 is 5.32 Å². The minimum Gasteiger partial charge on any atom is -0.352 e. The summed E-state index contributed by atoms with van der Waals surface area (Å²) in [6.07, 6.45) is 1.69. The van der Waals surface area contributed by atoms with Crippen molar-refractivity contribution in [1.82, 2.24) is 5.32 Å². The van der Waals surface area contributed by atoms with Gasteiger partial charge in [-0.25, -0.2) is 0 Å². The number of rotatable bonds is 5. The molecule has 0 saturated carbocycles. The van der Waals surface area contributed by atoms with Crippen LogP contribution in [-0.2, 0) is 4.79 Å². The molecule has 0 spiro atoms. The highest BCUT2D eigenvalue weighted by Gasteiger charge is 2.14. The summed E-state index contributed by atoms with van der Waals surface area (Å²) in [4.78, 5) is 12.9. The first-order valence-corrected chi connectivity index (χ1v) is 6.55. The first kappa shape index (κ1) is 13.8. The number of hydrogen-bond acceptors (Lipinski definition) is 2. The number of nitrogens with one attached hydrogen (secondary N) is 1.